The molecule has 100 valence electrons. The van der Waals surface area contributed by atoms with E-state index in [9.17, 15) is 0 Å². The van der Waals surface area contributed by atoms with E-state index in [-0.39, 0.29) is 6.04 Å². The van der Waals surface area contributed by atoms with Crippen LogP contribution in [-0.4, -0.2) is 20.8 Å². The Balaban J connectivity index is 1.83. The molecule has 2 aliphatic carbocycles. The maximum atomic E-state index is 6.36. The van der Waals surface area contributed by atoms with Gasteiger partial charge in [0.15, 0.2) is 0 Å². The Morgan fingerprint density at radius 3 is 2.56 bits per heavy atom. The van der Waals surface area contributed by atoms with Gasteiger partial charge >= 0.3 is 0 Å². The average molecular weight is 248 g/mol. The van der Waals surface area contributed by atoms with Crippen molar-refractivity contribution in [2.45, 2.75) is 75.8 Å². The van der Waals surface area contributed by atoms with Crippen LogP contribution in [0.2, 0.25) is 0 Å². The lowest BCUT2D eigenvalue weighted by molar-refractivity contribution is 0.425. The maximum Gasteiger partial charge on any atom is 0.137 e. The minimum Gasteiger partial charge on any atom is -0.327 e. The second kappa shape index (κ2) is 5.39. The molecule has 2 saturated carbocycles. The van der Waals surface area contributed by atoms with Crippen LogP contribution in [0.25, 0.3) is 0 Å². The van der Waals surface area contributed by atoms with Crippen molar-refractivity contribution in [1.82, 2.24) is 14.8 Å². The molecule has 0 amide bonds. The molecule has 4 nitrogen and oxygen atoms in total. The summed E-state index contributed by atoms with van der Waals surface area (Å²) in [5.74, 6) is 1.59. The molecule has 1 aromatic rings. The van der Waals surface area contributed by atoms with Crippen LogP contribution in [0.5, 0.6) is 0 Å². The largest absolute Gasteiger partial charge is 0.327 e. The summed E-state index contributed by atoms with van der Waals surface area (Å²) in [7, 11) is 0. The Bertz CT molecular complexity index is 381. The summed E-state index contributed by atoms with van der Waals surface area (Å²) in [6.07, 6.45) is 13.4. The first-order valence-electron chi connectivity index (χ1n) is 7.51. The fourth-order valence-electron chi connectivity index (χ4n) is 3.64. The van der Waals surface area contributed by atoms with Crippen molar-refractivity contribution in [2.24, 2.45) is 5.73 Å². The van der Waals surface area contributed by atoms with E-state index in [1.54, 1.807) is 0 Å². The lowest BCUT2D eigenvalue weighted by Crippen LogP contribution is -2.30. The Kier molecular flexibility index (Phi) is 3.64. The van der Waals surface area contributed by atoms with Gasteiger partial charge in [0.25, 0.3) is 0 Å². The van der Waals surface area contributed by atoms with E-state index in [2.05, 4.69) is 14.8 Å². The predicted octanol–water partition coefficient (Wildman–Crippen LogP) is 2.77. The third-order valence-corrected chi connectivity index (χ3v) is 4.72. The second-order valence-corrected chi connectivity index (χ2v) is 5.94. The van der Waals surface area contributed by atoms with Gasteiger partial charge in [0, 0.05) is 18.0 Å². The van der Waals surface area contributed by atoms with Crippen LogP contribution in [0.4, 0.5) is 0 Å². The van der Waals surface area contributed by atoms with Crippen LogP contribution in [0.3, 0.4) is 0 Å². The van der Waals surface area contributed by atoms with Gasteiger partial charge in [-0.15, -0.1) is 10.2 Å². The van der Waals surface area contributed by atoms with Crippen LogP contribution in [0, 0.1) is 0 Å². The Labute approximate surface area is 109 Å². The third-order valence-electron chi connectivity index (χ3n) is 4.72. The number of hydrogen-bond acceptors (Lipinski definition) is 3. The predicted molar refractivity (Wildman–Crippen MR) is 71.3 cm³/mol. The van der Waals surface area contributed by atoms with Crippen molar-refractivity contribution in [3.8, 4) is 0 Å². The molecule has 2 aliphatic rings. The van der Waals surface area contributed by atoms with E-state index >= 15 is 0 Å². The highest BCUT2D eigenvalue weighted by Crippen LogP contribution is 2.35. The summed E-state index contributed by atoms with van der Waals surface area (Å²) in [4.78, 5) is 0. The zero-order valence-electron chi connectivity index (χ0n) is 11.1. The molecule has 2 fully saturated rings. The van der Waals surface area contributed by atoms with Crippen molar-refractivity contribution in [3.05, 3.63) is 12.2 Å². The summed E-state index contributed by atoms with van der Waals surface area (Å²) in [6.45, 7) is 0. The van der Waals surface area contributed by atoms with Crippen molar-refractivity contribution in [2.75, 3.05) is 0 Å². The maximum absolute atomic E-state index is 6.36. The molecule has 0 spiro atoms. The van der Waals surface area contributed by atoms with E-state index in [0.29, 0.717) is 12.0 Å². The fourth-order valence-corrected chi connectivity index (χ4v) is 3.64. The van der Waals surface area contributed by atoms with Gasteiger partial charge in [0.2, 0.25) is 0 Å². The number of aromatic nitrogens is 3. The summed E-state index contributed by atoms with van der Waals surface area (Å²) in [5, 5.41) is 8.57. The fraction of sp³-hybridized carbons (Fsp3) is 0.857. The quantitative estimate of drug-likeness (QED) is 0.819. The molecule has 0 aromatic carbocycles. The number of nitrogens with two attached hydrogens (primary N) is 1. The topological polar surface area (TPSA) is 56.7 Å². The molecule has 1 heterocycles. The van der Waals surface area contributed by atoms with Gasteiger partial charge in [-0.1, -0.05) is 32.1 Å². The molecule has 2 unspecified atom stereocenters. The normalized spacial score (nSPS) is 30.5. The monoisotopic (exact) mass is 248 g/mol. The van der Waals surface area contributed by atoms with Crippen LogP contribution < -0.4 is 5.73 Å². The van der Waals surface area contributed by atoms with E-state index in [1.165, 1.54) is 51.4 Å². The van der Waals surface area contributed by atoms with Gasteiger partial charge in [0.1, 0.15) is 12.2 Å². The molecule has 2 N–H and O–H groups in total. The first-order valence-corrected chi connectivity index (χ1v) is 7.51. The van der Waals surface area contributed by atoms with Crippen molar-refractivity contribution in [1.29, 1.82) is 0 Å². The highest BCUT2D eigenvalue weighted by atomic mass is 15.3. The second-order valence-electron chi connectivity index (χ2n) is 5.94. The molecule has 1 aromatic heterocycles. The van der Waals surface area contributed by atoms with Crippen LogP contribution in [0.1, 0.15) is 75.6 Å². The lowest BCUT2D eigenvalue weighted by Gasteiger charge is -2.23. The van der Waals surface area contributed by atoms with Crippen LogP contribution in [0.15, 0.2) is 6.33 Å². The number of hydrogen-bond donors (Lipinski definition) is 1. The van der Waals surface area contributed by atoms with Gasteiger partial charge < -0.3 is 10.3 Å². The van der Waals surface area contributed by atoms with Crippen molar-refractivity contribution in [3.63, 3.8) is 0 Å². The van der Waals surface area contributed by atoms with E-state index in [0.717, 1.165) is 12.2 Å². The van der Waals surface area contributed by atoms with Crippen LogP contribution >= 0.6 is 0 Å². The first-order chi connectivity index (χ1) is 8.86. The van der Waals surface area contributed by atoms with Gasteiger partial charge in [-0.05, 0) is 25.7 Å². The number of rotatable bonds is 2. The van der Waals surface area contributed by atoms with Gasteiger partial charge in [-0.3, -0.25) is 0 Å². The molecule has 3 rings (SSSR count). The molecule has 0 radical (unpaired) electrons. The minimum atomic E-state index is 0.275. The zero-order chi connectivity index (χ0) is 12.4. The third kappa shape index (κ3) is 2.30. The standard InChI is InChI=1S/C14H24N4/c15-13-9-3-1-2-8-12(13)14-17-16-10-18(14)11-6-4-5-7-11/h10-13H,1-9,15H2. The van der Waals surface area contributed by atoms with Gasteiger partial charge in [0.05, 0.1) is 0 Å². The van der Waals surface area contributed by atoms with Crippen molar-refractivity contribution >= 4 is 0 Å². The Morgan fingerprint density at radius 1 is 1.00 bits per heavy atom. The van der Waals surface area contributed by atoms with E-state index in [4.69, 9.17) is 5.73 Å². The van der Waals surface area contributed by atoms with Crippen molar-refractivity contribution < 1.29 is 0 Å². The summed E-state index contributed by atoms with van der Waals surface area (Å²) < 4.78 is 2.34. The molecular weight excluding hydrogens is 224 g/mol. The molecule has 0 aliphatic heterocycles. The smallest absolute Gasteiger partial charge is 0.137 e. The number of nitrogens with zero attached hydrogens (tertiary/aromatic N) is 3. The summed E-state index contributed by atoms with van der Waals surface area (Å²) in [6, 6.07) is 0.905. The summed E-state index contributed by atoms with van der Waals surface area (Å²) >= 11 is 0. The molecule has 18 heavy (non-hydrogen) atoms. The minimum absolute atomic E-state index is 0.275. The molecule has 0 bridgehead atoms. The highest BCUT2D eigenvalue weighted by molar-refractivity contribution is 5.04. The highest BCUT2D eigenvalue weighted by Gasteiger charge is 2.29. The van der Waals surface area contributed by atoms with Gasteiger partial charge in [-0.2, -0.15) is 0 Å². The lowest BCUT2D eigenvalue weighted by atomic mass is 9.94. The van der Waals surface area contributed by atoms with Crippen LogP contribution in [-0.2, 0) is 0 Å². The molecule has 2 atom stereocenters. The average Bonchev–Trinajstić information content (AvgIpc) is 3.00. The van der Waals surface area contributed by atoms with E-state index < -0.39 is 0 Å². The Hall–Kier alpha value is -0.900. The van der Waals surface area contributed by atoms with Gasteiger partial charge in [-0.25, -0.2) is 0 Å². The SMILES string of the molecule is NC1CCCCCC1c1nncn1C1CCCC1. The molecular formula is C14H24N4. The summed E-state index contributed by atoms with van der Waals surface area (Å²) in [5.41, 5.74) is 6.36. The van der Waals surface area contributed by atoms with E-state index in [1.807, 2.05) is 6.33 Å². The molecule has 4 heteroatoms. The zero-order valence-corrected chi connectivity index (χ0v) is 11.1. The molecule has 0 saturated heterocycles. The Morgan fingerprint density at radius 2 is 1.72 bits per heavy atom. The first kappa shape index (κ1) is 12.2.